The van der Waals surface area contributed by atoms with E-state index in [-0.39, 0.29) is 0 Å². The topological polar surface area (TPSA) is 71.4 Å². The number of aliphatic carboxylic acids is 1. The van der Waals surface area contributed by atoms with Crippen molar-refractivity contribution in [3.63, 3.8) is 0 Å². The first kappa shape index (κ1) is 12.6. The number of carboxylic acids is 1. The van der Waals surface area contributed by atoms with Crippen LogP contribution in [0.5, 0.6) is 0 Å². The van der Waals surface area contributed by atoms with Crippen molar-refractivity contribution in [1.29, 1.82) is 0 Å². The first-order chi connectivity index (χ1) is 7.19. The molecule has 1 N–H and O–H groups in total. The normalized spacial score (nSPS) is 12.4. The zero-order chi connectivity index (χ0) is 12.6. The Labute approximate surface area is 90.4 Å². The predicted octanol–water partition coefficient (Wildman–Crippen LogP) is 1.45. The number of halogens is 2. The van der Waals surface area contributed by atoms with Crippen LogP contribution in [0, 0.1) is 6.92 Å². The van der Waals surface area contributed by atoms with Gasteiger partial charge in [0.05, 0.1) is 4.90 Å². The highest BCUT2D eigenvalue weighted by molar-refractivity contribution is 7.93. The first-order valence-corrected chi connectivity index (χ1v) is 5.60. The maximum absolute atomic E-state index is 12.9. The van der Waals surface area contributed by atoms with Crippen LogP contribution in [0.1, 0.15) is 5.56 Å². The fourth-order valence-corrected chi connectivity index (χ4v) is 2.00. The van der Waals surface area contributed by atoms with Gasteiger partial charge >= 0.3 is 11.2 Å². The summed E-state index contributed by atoms with van der Waals surface area (Å²) >= 11 is 0. The van der Waals surface area contributed by atoms with Gasteiger partial charge in [-0.3, -0.25) is 0 Å². The van der Waals surface area contributed by atoms with E-state index in [2.05, 4.69) is 0 Å². The molecule has 1 rings (SSSR count). The van der Waals surface area contributed by atoms with Gasteiger partial charge in [0.1, 0.15) is 0 Å². The molecule has 16 heavy (non-hydrogen) atoms. The van der Waals surface area contributed by atoms with Crippen LogP contribution in [0.15, 0.2) is 29.2 Å². The molecule has 0 atom stereocenters. The van der Waals surface area contributed by atoms with Gasteiger partial charge in [-0.1, -0.05) is 17.7 Å². The summed E-state index contributed by atoms with van der Waals surface area (Å²) in [5.41, 5.74) is 0.678. The molecule has 0 aliphatic rings. The second-order valence-corrected chi connectivity index (χ2v) is 5.13. The molecular formula is C9H8F2O4S. The van der Waals surface area contributed by atoms with Crippen LogP contribution in [-0.2, 0) is 14.6 Å². The van der Waals surface area contributed by atoms with E-state index in [4.69, 9.17) is 5.11 Å². The van der Waals surface area contributed by atoms with E-state index in [1.807, 2.05) is 0 Å². The van der Waals surface area contributed by atoms with Crippen molar-refractivity contribution in [3.8, 4) is 0 Å². The van der Waals surface area contributed by atoms with Crippen LogP contribution in [0.25, 0.3) is 0 Å². The quantitative estimate of drug-likeness (QED) is 0.881. The third-order valence-corrected chi connectivity index (χ3v) is 3.66. The highest BCUT2D eigenvalue weighted by atomic mass is 32.2. The third kappa shape index (κ3) is 1.90. The molecule has 0 saturated carbocycles. The SMILES string of the molecule is Cc1ccc(S(=O)(=O)C(F)(F)C(=O)O)cc1. The average molecular weight is 250 g/mol. The lowest BCUT2D eigenvalue weighted by Gasteiger charge is -2.12. The van der Waals surface area contributed by atoms with E-state index < -0.39 is 26.0 Å². The van der Waals surface area contributed by atoms with Crippen molar-refractivity contribution in [2.75, 3.05) is 0 Å². The van der Waals surface area contributed by atoms with E-state index in [1.54, 1.807) is 6.92 Å². The van der Waals surface area contributed by atoms with Crippen molar-refractivity contribution in [3.05, 3.63) is 29.8 Å². The summed E-state index contributed by atoms with van der Waals surface area (Å²) in [6, 6.07) is 4.51. The Morgan fingerprint density at radius 1 is 1.25 bits per heavy atom. The fraction of sp³-hybridized carbons (Fsp3) is 0.222. The third-order valence-electron chi connectivity index (χ3n) is 1.92. The lowest BCUT2D eigenvalue weighted by Crippen LogP contribution is -2.37. The van der Waals surface area contributed by atoms with Gasteiger partial charge in [0.25, 0.3) is 9.84 Å². The molecule has 0 radical (unpaired) electrons. The molecule has 0 aromatic heterocycles. The number of sulfone groups is 1. The number of hydrogen-bond acceptors (Lipinski definition) is 3. The largest absolute Gasteiger partial charge is 0.476 e. The summed E-state index contributed by atoms with van der Waals surface area (Å²) in [7, 11) is -5.19. The van der Waals surface area contributed by atoms with Gasteiger partial charge in [0.2, 0.25) is 0 Å². The molecular weight excluding hydrogens is 242 g/mol. The van der Waals surface area contributed by atoms with Crippen LogP contribution in [0.2, 0.25) is 0 Å². The van der Waals surface area contributed by atoms with Crippen molar-refractivity contribution >= 4 is 15.8 Å². The molecule has 0 aliphatic carbocycles. The summed E-state index contributed by atoms with van der Waals surface area (Å²) in [5, 5.41) is 3.35. The summed E-state index contributed by atoms with van der Waals surface area (Å²) < 4.78 is 48.4. The standard InChI is InChI=1S/C9H8F2O4S/c1-6-2-4-7(5-3-6)16(14,15)9(10,11)8(12)13/h2-5H,1H3,(H,12,13). The minimum Gasteiger partial charge on any atom is -0.476 e. The number of carboxylic acid groups (broad SMARTS) is 1. The minimum absolute atomic E-state index is 0.678. The lowest BCUT2D eigenvalue weighted by atomic mass is 10.2. The van der Waals surface area contributed by atoms with Gasteiger partial charge < -0.3 is 5.11 Å². The van der Waals surface area contributed by atoms with E-state index in [1.165, 1.54) is 12.1 Å². The van der Waals surface area contributed by atoms with Crippen LogP contribution in [0.4, 0.5) is 8.78 Å². The van der Waals surface area contributed by atoms with Crippen molar-refractivity contribution < 1.29 is 27.1 Å². The number of hydrogen-bond donors (Lipinski definition) is 1. The highest BCUT2D eigenvalue weighted by Gasteiger charge is 2.53. The van der Waals surface area contributed by atoms with Crippen molar-refractivity contribution in [2.45, 2.75) is 17.1 Å². The molecule has 1 aromatic carbocycles. The molecule has 0 aliphatic heterocycles. The molecule has 0 spiro atoms. The first-order valence-electron chi connectivity index (χ1n) is 4.12. The zero-order valence-electron chi connectivity index (χ0n) is 8.15. The second kappa shape index (κ2) is 3.82. The van der Waals surface area contributed by atoms with Gasteiger partial charge in [-0.15, -0.1) is 0 Å². The Morgan fingerprint density at radius 2 is 1.69 bits per heavy atom. The molecule has 0 saturated heterocycles. The minimum atomic E-state index is -5.19. The monoisotopic (exact) mass is 250 g/mol. The number of rotatable bonds is 3. The number of carbonyl (C=O) groups is 1. The summed E-state index contributed by atoms with van der Waals surface area (Å²) in [5.74, 6) is -2.69. The molecule has 0 amide bonds. The zero-order valence-corrected chi connectivity index (χ0v) is 8.96. The van der Waals surface area contributed by atoms with Gasteiger partial charge in [-0.2, -0.15) is 8.78 Å². The second-order valence-electron chi connectivity index (χ2n) is 3.14. The van der Waals surface area contributed by atoms with E-state index >= 15 is 0 Å². The Morgan fingerprint density at radius 3 is 2.06 bits per heavy atom. The van der Waals surface area contributed by atoms with Crippen LogP contribution < -0.4 is 0 Å². The van der Waals surface area contributed by atoms with Crippen LogP contribution >= 0.6 is 0 Å². The molecule has 0 fully saturated rings. The fourth-order valence-electron chi connectivity index (χ4n) is 0.980. The highest BCUT2D eigenvalue weighted by Crippen LogP contribution is 2.29. The maximum atomic E-state index is 12.9. The van der Waals surface area contributed by atoms with E-state index in [9.17, 15) is 22.0 Å². The number of aryl methyl sites for hydroxylation is 1. The molecule has 88 valence electrons. The molecule has 0 heterocycles. The Bertz CT molecular complexity index is 505. The predicted molar refractivity (Wildman–Crippen MR) is 50.9 cm³/mol. The molecule has 1 aromatic rings. The average Bonchev–Trinajstić information content (AvgIpc) is 2.17. The maximum Gasteiger partial charge on any atom is 0.444 e. The van der Waals surface area contributed by atoms with Gasteiger partial charge in [-0.25, -0.2) is 13.2 Å². The number of alkyl halides is 2. The Balaban J connectivity index is 3.33. The van der Waals surface area contributed by atoms with Gasteiger partial charge in [0.15, 0.2) is 0 Å². The summed E-state index contributed by atoms with van der Waals surface area (Å²) in [6.45, 7) is 1.64. The molecule has 0 bridgehead atoms. The molecule has 4 nitrogen and oxygen atoms in total. The molecule has 7 heteroatoms. The van der Waals surface area contributed by atoms with Crippen LogP contribution in [-0.4, -0.2) is 24.7 Å². The van der Waals surface area contributed by atoms with E-state index in [0.717, 1.165) is 12.1 Å². The van der Waals surface area contributed by atoms with Gasteiger partial charge in [-0.05, 0) is 19.1 Å². The Kier molecular flexibility index (Phi) is 3.00. The van der Waals surface area contributed by atoms with Crippen molar-refractivity contribution in [2.24, 2.45) is 0 Å². The lowest BCUT2D eigenvalue weighted by molar-refractivity contribution is -0.153. The van der Waals surface area contributed by atoms with E-state index in [0.29, 0.717) is 5.56 Å². The number of benzene rings is 1. The van der Waals surface area contributed by atoms with Gasteiger partial charge in [0, 0.05) is 0 Å². The smallest absolute Gasteiger partial charge is 0.444 e. The van der Waals surface area contributed by atoms with Crippen molar-refractivity contribution in [1.82, 2.24) is 0 Å². The molecule has 0 unspecified atom stereocenters. The summed E-state index contributed by atoms with van der Waals surface area (Å²) in [4.78, 5) is 9.46. The van der Waals surface area contributed by atoms with Crippen LogP contribution in [0.3, 0.4) is 0 Å². The summed E-state index contributed by atoms with van der Waals surface area (Å²) in [6.07, 6.45) is 0. The Hall–Kier alpha value is -1.50.